The molecule has 2 amide bonds. The molecular formula is C38H35N3O6. The summed E-state index contributed by atoms with van der Waals surface area (Å²) in [5, 5.41) is 20.3. The minimum absolute atomic E-state index is 0.0213. The van der Waals surface area contributed by atoms with Gasteiger partial charge in [-0.3, -0.25) is 9.59 Å². The number of rotatable bonds is 10. The van der Waals surface area contributed by atoms with Crippen LogP contribution < -0.4 is 25.4 Å². The minimum Gasteiger partial charge on any atom is -0.490 e. The van der Waals surface area contributed by atoms with Gasteiger partial charge in [-0.05, 0) is 109 Å². The van der Waals surface area contributed by atoms with Crippen LogP contribution in [0.25, 0.3) is 10.8 Å². The van der Waals surface area contributed by atoms with Crippen molar-refractivity contribution in [1.29, 1.82) is 0 Å². The Hall–Kier alpha value is -5.83. The van der Waals surface area contributed by atoms with Gasteiger partial charge in [-0.1, -0.05) is 36.4 Å². The predicted molar refractivity (Wildman–Crippen MR) is 182 cm³/mol. The molecule has 4 N–H and O–H groups in total. The van der Waals surface area contributed by atoms with E-state index in [2.05, 4.69) is 16.0 Å². The number of anilines is 2. The lowest BCUT2D eigenvalue weighted by Gasteiger charge is -2.29. The molecule has 1 saturated carbocycles. The van der Waals surface area contributed by atoms with E-state index in [1.165, 1.54) is 6.07 Å². The third-order valence-corrected chi connectivity index (χ3v) is 8.29. The lowest BCUT2D eigenvalue weighted by atomic mass is 9.92. The summed E-state index contributed by atoms with van der Waals surface area (Å²) < 4.78 is 12.4. The summed E-state index contributed by atoms with van der Waals surface area (Å²) in [7, 11) is 1.81. The molecule has 1 aliphatic rings. The number of hydrogen-bond donors (Lipinski definition) is 4. The molecule has 5 aromatic rings. The Labute approximate surface area is 272 Å². The van der Waals surface area contributed by atoms with Crippen LogP contribution >= 0.6 is 0 Å². The maximum Gasteiger partial charge on any atom is 0.337 e. The van der Waals surface area contributed by atoms with Gasteiger partial charge in [0.15, 0.2) is 0 Å². The highest BCUT2D eigenvalue weighted by molar-refractivity contribution is 6.07. The van der Waals surface area contributed by atoms with Gasteiger partial charge >= 0.3 is 5.97 Å². The first-order valence-corrected chi connectivity index (χ1v) is 15.6. The van der Waals surface area contributed by atoms with Crippen molar-refractivity contribution in [3.8, 4) is 17.2 Å². The second kappa shape index (κ2) is 14.1. The molecular weight excluding hydrogens is 594 g/mol. The molecule has 238 valence electrons. The van der Waals surface area contributed by atoms with Gasteiger partial charge in [-0.15, -0.1) is 0 Å². The Morgan fingerprint density at radius 3 is 1.94 bits per heavy atom. The third kappa shape index (κ3) is 7.53. The number of aromatic carboxylic acids is 1. The molecule has 0 unspecified atom stereocenters. The van der Waals surface area contributed by atoms with Gasteiger partial charge in [0.25, 0.3) is 11.8 Å². The Kier molecular flexibility index (Phi) is 9.33. The van der Waals surface area contributed by atoms with Gasteiger partial charge in [0, 0.05) is 24.3 Å². The quantitative estimate of drug-likeness (QED) is 0.124. The van der Waals surface area contributed by atoms with Gasteiger partial charge < -0.3 is 30.5 Å². The molecule has 1 fully saturated rings. The molecule has 9 heteroatoms. The Morgan fingerprint density at radius 1 is 0.660 bits per heavy atom. The standard InChI is InChI=1S/C38H35N3O6/c1-39-34-8-4-2-6-32(34)37(43)40-27-14-20-29(21-15-27)47-31-19-13-25-22-30(18-12-26(25)23-31)46-28-16-10-24(11-17-28)36(42)41-35-9-5-3-7-33(35)38(44)45/h2-13,16-19,22-23,27,29,39H,14-15,20-21H2,1H3,(H,40,43)(H,41,42)(H,44,45). The third-order valence-electron chi connectivity index (χ3n) is 8.29. The van der Waals surface area contributed by atoms with Crippen molar-refractivity contribution in [3.63, 3.8) is 0 Å². The molecule has 0 radical (unpaired) electrons. The molecule has 0 bridgehead atoms. The van der Waals surface area contributed by atoms with E-state index in [1.807, 2.05) is 67.7 Å². The fourth-order valence-electron chi connectivity index (χ4n) is 5.80. The van der Waals surface area contributed by atoms with E-state index in [4.69, 9.17) is 9.47 Å². The number of fused-ring (bicyclic) bond motifs is 1. The molecule has 9 nitrogen and oxygen atoms in total. The fraction of sp³-hybridized carbons (Fsp3) is 0.184. The Balaban J connectivity index is 1.01. The summed E-state index contributed by atoms with van der Waals surface area (Å²) in [6.07, 6.45) is 3.52. The van der Waals surface area contributed by atoms with Crippen molar-refractivity contribution in [3.05, 3.63) is 126 Å². The van der Waals surface area contributed by atoms with Crippen LogP contribution in [-0.4, -0.2) is 42.1 Å². The van der Waals surface area contributed by atoms with Crippen molar-refractivity contribution in [2.24, 2.45) is 0 Å². The number of carbonyl (C=O) groups excluding carboxylic acids is 2. The lowest BCUT2D eigenvalue weighted by Crippen LogP contribution is -2.39. The first kappa shape index (κ1) is 31.2. The summed E-state index contributed by atoms with van der Waals surface area (Å²) >= 11 is 0. The summed E-state index contributed by atoms with van der Waals surface area (Å²) in [5.41, 5.74) is 2.09. The Bertz CT molecular complexity index is 1920. The van der Waals surface area contributed by atoms with Crippen LogP contribution in [0.1, 0.15) is 56.8 Å². The summed E-state index contributed by atoms with van der Waals surface area (Å²) in [6, 6.07) is 32.3. The van der Waals surface area contributed by atoms with E-state index >= 15 is 0 Å². The number of ether oxygens (including phenoxy) is 2. The molecule has 0 aliphatic heterocycles. The highest BCUT2D eigenvalue weighted by Crippen LogP contribution is 2.31. The second-order valence-corrected chi connectivity index (χ2v) is 11.5. The molecule has 47 heavy (non-hydrogen) atoms. The highest BCUT2D eigenvalue weighted by atomic mass is 16.5. The van der Waals surface area contributed by atoms with E-state index in [9.17, 15) is 19.5 Å². The van der Waals surface area contributed by atoms with E-state index in [-0.39, 0.29) is 29.3 Å². The van der Waals surface area contributed by atoms with Crippen LogP contribution in [0.4, 0.5) is 11.4 Å². The van der Waals surface area contributed by atoms with E-state index < -0.39 is 11.9 Å². The van der Waals surface area contributed by atoms with Gasteiger partial charge in [0.2, 0.25) is 0 Å². The largest absolute Gasteiger partial charge is 0.490 e. The normalized spacial score (nSPS) is 15.8. The molecule has 1 aliphatic carbocycles. The number of benzene rings is 5. The first-order chi connectivity index (χ1) is 22.9. The zero-order chi connectivity index (χ0) is 32.8. The zero-order valence-corrected chi connectivity index (χ0v) is 25.9. The van der Waals surface area contributed by atoms with Crippen molar-refractivity contribution in [2.45, 2.75) is 37.8 Å². The number of carbonyl (C=O) groups is 3. The minimum atomic E-state index is -1.11. The molecule has 6 rings (SSSR count). The van der Waals surface area contributed by atoms with Crippen molar-refractivity contribution < 1.29 is 29.0 Å². The number of carboxylic acid groups (broad SMARTS) is 1. The van der Waals surface area contributed by atoms with Crippen molar-refractivity contribution in [1.82, 2.24) is 5.32 Å². The fourth-order valence-corrected chi connectivity index (χ4v) is 5.80. The molecule has 5 aromatic carbocycles. The van der Waals surface area contributed by atoms with E-state index in [0.717, 1.165) is 47.9 Å². The van der Waals surface area contributed by atoms with Gasteiger partial charge in [-0.25, -0.2) is 4.79 Å². The highest BCUT2D eigenvalue weighted by Gasteiger charge is 2.25. The average molecular weight is 630 g/mol. The lowest BCUT2D eigenvalue weighted by molar-refractivity contribution is 0.0697. The number of hydrogen-bond acceptors (Lipinski definition) is 6. The smallest absolute Gasteiger partial charge is 0.337 e. The summed E-state index contributed by atoms with van der Waals surface area (Å²) in [6.45, 7) is 0. The van der Waals surface area contributed by atoms with Crippen LogP contribution in [-0.2, 0) is 0 Å². The summed E-state index contributed by atoms with van der Waals surface area (Å²) in [5.74, 6) is 0.429. The predicted octanol–water partition coefficient (Wildman–Crippen LogP) is 7.74. The van der Waals surface area contributed by atoms with Gasteiger partial charge in [0.05, 0.1) is 22.9 Å². The molecule has 0 heterocycles. The molecule has 0 saturated heterocycles. The Morgan fingerprint density at radius 2 is 1.26 bits per heavy atom. The van der Waals surface area contributed by atoms with Crippen LogP contribution in [0, 0.1) is 0 Å². The number of amides is 2. The first-order valence-electron chi connectivity index (χ1n) is 15.6. The van der Waals surface area contributed by atoms with Gasteiger partial charge in [-0.2, -0.15) is 0 Å². The van der Waals surface area contributed by atoms with Crippen LogP contribution in [0.15, 0.2) is 109 Å². The van der Waals surface area contributed by atoms with Crippen molar-refractivity contribution in [2.75, 3.05) is 17.7 Å². The molecule has 0 aromatic heterocycles. The van der Waals surface area contributed by atoms with E-state index in [1.54, 1.807) is 42.5 Å². The molecule has 0 spiro atoms. The van der Waals surface area contributed by atoms with Crippen LogP contribution in [0.5, 0.6) is 17.2 Å². The van der Waals surface area contributed by atoms with Crippen molar-refractivity contribution >= 4 is 39.9 Å². The zero-order valence-electron chi connectivity index (χ0n) is 25.9. The monoisotopic (exact) mass is 629 g/mol. The SMILES string of the molecule is CNc1ccccc1C(=O)NC1CCC(Oc2ccc3cc(Oc4ccc(C(=O)Nc5ccccc5C(=O)O)cc4)ccc3c2)CC1. The molecule has 0 atom stereocenters. The maximum atomic E-state index is 12.8. The number of carboxylic acids is 1. The summed E-state index contributed by atoms with van der Waals surface area (Å²) in [4.78, 5) is 37.0. The topological polar surface area (TPSA) is 126 Å². The van der Waals surface area contributed by atoms with E-state index in [0.29, 0.717) is 22.6 Å². The number of para-hydroxylation sites is 2. The van der Waals surface area contributed by atoms with Gasteiger partial charge in [0.1, 0.15) is 17.2 Å². The van der Waals surface area contributed by atoms with Crippen LogP contribution in [0.3, 0.4) is 0 Å². The van der Waals surface area contributed by atoms with Crippen LogP contribution in [0.2, 0.25) is 0 Å². The average Bonchev–Trinajstić information content (AvgIpc) is 3.09. The number of nitrogens with one attached hydrogen (secondary N) is 3. The maximum absolute atomic E-state index is 12.8. The second-order valence-electron chi connectivity index (χ2n) is 11.5.